The maximum atomic E-state index is 13.1. The third kappa shape index (κ3) is 4.80. The number of aromatic nitrogens is 1. The summed E-state index contributed by atoms with van der Waals surface area (Å²) in [6.07, 6.45) is 3.87. The van der Waals surface area contributed by atoms with Gasteiger partial charge in [0.1, 0.15) is 12.4 Å². The third-order valence-corrected chi connectivity index (χ3v) is 7.78. The highest BCUT2D eigenvalue weighted by Crippen LogP contribution is 2.34. The van der Waals surface area contributed by atoms with Crippen molar-refractivity contribution in [3.05, 3.63) is 118 Å². The predicted octanol–water partition coefficient (Wildman–Crippen LogP) is 7.61. The number of rotatable bonds is 7. The van der Waals surface area contributed by atoms with Crippen molar-refractivity contribution in [3.8, 4) is 5.75 Å². The molecule has 5 nitrogen and oxygen atoms in total. The molecule has 7 heteroatoms. The van der Waals surface area contributed by atoms with Crippen LogP contribution in [-0.4, -0.2) is 33.8 Å². The van der Waals surface area contributed by atoms with Crippen molar-refractivity contribution >= 4 is 62.3 Å². The van der Waals surface area contributed by atoms with Crippen LogP contribution in [0, 0.1) is 0 Å². The number of imide groups is 1. The topological polar surface area (TPSA) is 51.5 Å². The number of fused-ring (bicyclic) bond motifs is 2. The van der Waals surface area contributed by atoms with Gasteiger partial charge in [0.05, 0.1) is 16.5 Å². The molecule has 188 valence electrons. The molecule has 0 atom stereocenters. The van der Waals surface area contributed by atoms with Crippen LogP contribution in [0.1, 0.15) is 11.1 Å². The average Bonchev–Trinajstić information content (AvgIpc) is 3.41. The van der Waals surface area contributed by atoms with Gasteiger partial charge in [-0.2, -0.15) is 0 Å². The van der Waals surface area contributed by atoms with Crippen LogP contribution in [0.25, 0.3) is 27.8 Å². The van der Waals surface area contributed by atoms with Crippen molar-refractivity contribution in [3.63, 3.8) is 0 Å². The summed E-state index contributed by atoms with van der Waals surface area (Å²) in [5, 5.41) is 3.63. The first-order valence-corrected chi connectivity index (χ1v) is 13.4. The molecule has 1 aliphatic heterocycles. The lowest BCUT2D eigenvalue weighted by molar-refractivity contribution is -0.123. The summed E-state index contributed by atoms with van der Waals surface area (Å²) >= 11 is 7.09. The number of para-hydroxylation sites is 2. The Balaban J connectivity index is 1.23. The molecule has 4 aromatic carbocycles. The molecule has 2 heterocycles. The van der Waals surface area contributed by atoms with Crippen LogP contribution in [-0.2, 0) is 11.3 Å². The van der Waals surface area contributed by atoms with Gasteiger partial charge in [0, 0.05) is 29.2 Å². The van der Waals surface area contributed by atoms with Gasteiger partial charge in [-0.15, -0.1) is 0 Å². The molecule has 0 unspecified atom stereocenters. The van der Waals surface area contributed by atoms with E-state index in [0.29, 0.717) is 22.2 Å². The standard InChI is InChI=1S/C31H23ClN2O3S/c32-26-10-4-6-12-28(26)37-16-15-34-30(35)29(38-31(34)36)18-24-20-33(27-11-5-3-9-25(24)27)19-21-13-14-22-7-1-2-8-23(22)17-21/h1-14,17-18,20H,15-16,19H2/b29-18-. The summed E-state index contributed by atoms with van der Waals surface area (Å²) in [7, 11) is 0. The Hall–Kier alpha value is -4.00. The van der Waals surface area contributed by atoms with Crippen molar-refractivity contribution in [2.24, 2.45) is 0 Å². The quantitative estimate of drug-likeness (QED) is 0.200. The Morgan fingerprint density at radius 3 is 2.50 bits per heavy atom. The molecular formula is C31H23ClN2O3S. The second-order valence-electron chi connectivity index (χ2n) is 9.02. The number of carbonyl (C=O) groups excluding carboxylic acids is 2. The lowest BCUT2D eigenvalue weighted by Gasteiger charge is -2.13. The van der Waals surface area contributed by atoms with Gasteiger partial charge in [0.25, 0.3) is 11.1 Å². The highest BCUT2D eigenvalue weighted by atomic mass is 35.5. The summed E-state index contributed by atoms with van der Waals surface area (Å²) in [4.78, 5) is 27.4. The fraction of sp³-hybridized carbons (Fsp3) is 0.0968. The zero-order valence-corrected chi connectivity index (χ0v) is 21.9. The van der Waals surface area contributed by atoms with Crippen molar-refractivity contribution in [2.45, 2.75) is 6.54 Å². The minimum absolute atomic E-state index is 0.150. The first-order valence-electron chi connectivity index (χ1n) is 12.2. The van der Waals surface area contributed by atoms with Crippen LogP contribution in [0.4, 0.5) is 4.79 Å². The zero-order valence-electron chi connectivity index (χ0n) is 20.3. The zero-order chi connectivity index (χ0) is 26.1. The maximum absolute atomic E-state index is 13.1. The lowest BCUT2D eigenvalue weighted by Crippen LogP contribution is -2.32. The van der Waals surface area contributed by atoms with Crippen molar-refractivity contribution in [1.82, 2.24) is 9.47 Å². The van der Waals surface area contributed by atoms with Gasteiger partial charge in [0.2, 0.25) is 0 Å². The summed E-state index contributed by atoms with van der Waals surface area (Å²) in [6.45, 7) is 1.01. The number of ether oxygens (including phenoxy) is 1. The van der Waals surface area contributed by atoms with E-state index in [1.54, 1.807) is 12.1 Å². The Morgan fingerprint density at radius 1 is 0.868 bits per heavy atom. The van der Waals surface area contributed by atoms with Gasteiger partial charge in [-0.3, -0.25) is 14.5 Å². The lowest BCUT2D eigenvalue weighted by atomic mass is 10.1. The van der Waals surface area contributed by atoms with Crippen molar-refractivity contribution in [2.75, 3.05) is 13.2 Å². The Morgan fingerprint density at radius 2 is 1.63 bits per heavy atom. The number of thioether (sulfide) groups is 1. The SMILES string of the molecule is O=C1S/C(=C\c2cn(Cc3ccc4ccccc4c3)c3ccccc23)C(=O)N1CCOc1ccccc1Cl. The largest absolute Gasteiger partial charge is 0.490 e. The number of nitrogens with zero attached hydrogens (tertiary/aromatic N) is 2. The molecule has 0 bridgehead atoms. The van der Waals surface area contributed by atoms with E-state index in [-0.39, 0.29) is 24.3 Å². The number of carbonyl (C=O) groups is 2. The first-order chi connectivity index (χ1) is 18.6. The molecule has 2 amide bonds. The van der Waals surface area contributed by atoms with Gasteiger partial charge in [-0.05, 0) is 58.4 Å². The predicted molar refractivity (Wildman–Crippen MR) is 155 cm³/mol. The Labute approximate surface area is 229 Å². The Kier molecular flexibility index (Phi) is 6.66. The molecule has 0 aliphatic carbocycles. The fourth-order valence-electron chi connectivity index (χ4n) is 4.70. The second kappa shape index (κ2) is 10.4. The van der Waals surface area contributed by atoms with Gasteiger partial charge in [0.15, 0.2) is 0 Å². The molecule has 38 heavy (non-hydrogen) atoms. The van der Waals surface area contributed by atoms with E-state index < -0.39 is 0 Å². The third-order valence-electron chi connectivity index (χ3n) is 6.56. The van der Waals surface area contributed by atoms with Crippen LogP contribution in [0.15, 0.2) is 102 Å². The molecule has 0 radical (unpaired) electrons. The summed E-state index contributed by atoms with van der Waals surface area (Å²) < 4.78 is 7.87. The molecule has 1 aromatic heterocycles. The van der Waals surface area contributed by atoms with E-state index in [1.165, 1.54) is 21.2 Å². The molecular weight excluding hydrogens is 516 g/mol. The molecule has 0 N–H and O–H groups in total. The van der Waals surface area contributed by atoms with Gasteiger partial charge in [-0.1, -0.05) is 78.3 Å². The minimum Gasteiger partial charge on any atom is -0.490 e. The number of halogens is 1. The van der Waals surface area contributed by atoms with Gasteiger partial charge < -0.3 is 9.30 Å². The highest BCUT2D eigenvalue weighted by Gasteiger charge is 2.35. The van der Waals surface area contributed by atoms with E-state index in [0.717, 1.165) is 28.2 Å². The van der Waals surface area contributed by atoms with Crippen LogP contribution >= 0.6 is 23.4 Å². The molecule has 6 rings (SSSR count). The van der Waals surface area contributed by atoms with E-state index in [1.807, 2.05) is 54.7 Å². The second-order valence-corrected chi connectivity index (χ2v) is 10.4. The smallest absolute Gasteiger partial charge is 0.293 e. The van der Waals surface area contributed by atoms with Gasteiger partial charge >= 0.3 is 0 Å². The fourth-order valence-corrected chi connectivity index (χ4v) is 5.74. The molecule has 0 saturated carbocycles. The summed E-state index contributed by atoms with van der Waals surface area (Å²) in [5.41, 5.74) is 3.16. The molecule has 1 fully saturated rings. The molecule has 1 aliphatic rings. The first kappa shape index (κ1) is 24.3. The van der Waals surface area contributed by atoms with Crippen molar-refractivity contribution in [1.29, 1.82) is 0 Å². The van der Waals surface area contributed by atoms with Crippen LogP contribution < -0.4 is 4.74 Å². The minimum atomic E-state index is -0.311. The highest BCUT2D eigenvalue weighted by molar-refractivity contribution is 8.18. The molecule has 1 saturated heterocycles. The van der Waals surface area contributed by atoms with E-state index in [4.69, 9.17) is 16.3 Å². The number of benzene rings is 4. The number of hydrogen-bond acceptors (Lipinski definition) is 4. The summed E-state index contributed by atoms with van der Waals surface area (Å²) in [5.74, 6) is 0.213. The maximum Gasteiger partial charge on any atom is 0.293 e. The van der Waals surface area contributed by atoms with E-state index >= 15 is 0 Å². The molecule has 0 spiro atoms. The summed E-state index contributed by atoms with van der Waals surface area (Å²) in [6, 6.07) is 30.0. The Bertz CT molecular complexity index is 1730. The van der Waals surface area contributed by atoms with Crippen LogP contribution in [0.3, 0.4) is 0 Å². The van der Waals surface area contributed by atoms with Gasteiger partial charge in [-0.25, -0.2) is 0 Å². The number of hydrogen-bond donors (Lipinski definition) is 0. The van der Waals surface area contributed by atoms with Crippen LogP contribution in [0.5, 0.6) is 5.75 Å². The number of amides is 2. The molecule has 5 aromatic rings. The van der Waals surface area contributed by atoms with E-state index in [9.17, 15) is 9.59 Å². The van der Waals surface area contributed by atoms with Crippen molar-refractivity contribution < 1.29 is 14.3 Å². The van der Waals surface area contributed by atoms with Crippen LogP contribution in [0.2, 0.25) is 5.02 Å². The average molecular weight is 539 g/mol. The monoisotopic (exact) mass is 538 g/mol. The van der Waals surface area contributed by atoms with E-state index in [2.05, 4.69) is 41.0 Å². The normalized spacial score (nSPS) is 14.8.